The summed E-state index contributed by atoms with van der Waals surface area (Å²) in [6, 6.07) is 5.15. The van der Waals surface area contributed by atoms with Crippen LogP contribution in [0.15, 0.2) is 41.6 Å². The summed E-state index contributed by atoms with van der Waals surface area (Å²) in [5, 5.41) is 1.27. The van der Waals surface area contributed by atoms with Gasteiger partial charge in [0.25, 0.3) is 5.56 Å². The predicted molar refractivity (Wildman–Crippen MR) is 90.9 cm³/mol. The summed E-state index contributed by atoms with van der Waals surface area (Å²) in [4.78, 5) is 27.6. The normalized spacial score (nSPS) is 10.6. The highest BCUT2D eigenvalue weighted by Crippen LogP contribution is 2.38. The third-order valence-corrected chi connectivity index (χ3v) is 3.95. The molecule has 0 bridgehead atoms. The molecule has 0 saturated heterocycles. The smallest absolute Gasteiger partial charge is 0.259 e. The number of nitrogens with zero attached hydrogens (tertiary/aromatic N) is 2. The molecule has 0 aliphatic rings. The molecule has 0 N–H and O–H groups in total. The molecule has 0 amide bonds. The number of hydrogen-bond donors (Lipinski definition) is 0. The maximum Gasteiger partial charge on any atom is 0.259 e. The van der Waals surface area contributed by atoms with Crippen LogP contribution in [0, 0.1) is 0 Å². The molecular weight excluding hydrogens is 308 g/mol. The lowest BCUT2D eigenvalue weighted by Crippen LogP contribution is -2.16. The molecule has 1 aromatic carbocycles. The fourth-order valence-corrected chi connectivity index (χ4v) is 2.75. The summed E-state index contributed by atoms with van der Waals surface area (Å²) in [6.45, 7) is 0. The Labute approximate surface area is 138 Å². The molecule has 0 aliphatic heterocycles. The molecule has 0 radical (unpaired) electrons. The van der Waals surface area contributed by atoms with Gasteiger partial charge in [-0.2, -0.15) is 0 Å². The number of aryl methyl sites for hydroxylation is 1. The van der Waals surface area contributed by atoms with Gasteiger partial charge in [-0.25, -0.2) is 0 Å². The number of aromatic nitrogens is 2. The minimum absolute atomic E-state index is 0.128. The van der Waals surface area contributed by atoms with Crippen molar-refractivity contribution in [3.05, 3.63) is 52.7 Å². The Morgan fingerprint density at radius 3 is 2.50 bits per heavy atom. The molecule has 0 aliphatic carbocycles. The first-order chi connectivity index (χ1) is 11.6. The van der Waals surface area contributed by atoms with Crippen LogP contribution < -0.4 is 15.0 Å². The van der Waals surface area contributed by atoms with Gasteiger partial charge in [0.2, 0.25) is 0 Å². The minimum Gasteiger partial charge on any atom is -0.496 e. The van der Waals surface area contributed by atoms with Crippen LogP contribution in [0.4, 0.5) is 0 Å². The summed E-state index contributed by atoms with van der Waals surface area (Å²) >= 11 is 0. The van der Waals surface area contributed by atoms with Crippen molar-refractivity contribution in [3.8, 4) is 22.6 Å². The molecule has 3 aromatic rings. The lowest BCUT2D eigenvalue weighted by Gasteiger charge is -2.15. The third kappa shape index (κ3) is 2.42. The molecule has 2 heterocycles. The number of benzene rings is 1. The maximum atomic E-state index is 12.3. The Bertz CT molecular complexity index is 992. The van der Waals surface area contributed by atoms with E-state index in [1.807, 2.05) is 0 Å². The second-order valence-electron chi connectivity index (χ2n) is 5.29. The number of pyridine rings is 2. The molecule has 122 valence electrons. The van der Waals surface area contributed by atoms with Crippen LogP contribution in [0.25, 0.3) is 21.9 Å². The van der Waals surface area contributed by atoms with Crippen LogP contribution in [0.2, 0.25) is 0 Å². The molecule has 0 saturated carbocycles. The van der Waals surface area contributed by atoms with Crippen molar-refractivity contribution in [3.63, 3.8) is 0 Å². The van der Waals surface area contributed by atoms with Crippen LogP contribution in [-0.4, -0.2) is 30.1 Å². The van der Waals surface area contributed by atoms with Gasteiger partial charge in [-0.05, 0) is 23.6 Å². The fraction of sp³-hybridized carbons (Fsp3) is 0.167. The van der Waals surface area contributed by atoms with Gasteiger partial charge in [0.15, 0.2) is 6.29 Å². The van der Waals surface area contributed by atoms with Crippen LogP contribution >= 0.6 is 0 Å². The van der Waals surface area contributed by atoms with E-state index in [4.69, 9.17) is 9.47 Å². The quantitative estimate of drug-likeness (QED) is 0.689. The van der Waals surface area contributed by atoms with Gasteiger partial charge in [0.1, 0.15) is 11.5 Å². The second-order valence-corrected chi connectivity index (χ2v) is 5.29. The number of aldehydes is 1. The lowest BCUT2D eigenvalue weighted by atomic mass is 9.99. The molecule has 24 heavy (non-hydrogen) atoms. The largest absolute Gasteiger partial charge is 0.496 e. The van der Waals surface area contributed by atoms with Gasteiger partial charge in [-0.1, -0.05) is 0 Å². The molecule has 6 nitrogen and oxygen atoms in total. The number of carbonyl (C=O) groups excluding carboxylic acids is 1. The van der Waals surface area contributed by atoms with Crippen molar-refractivity contribution < 1.29 is 14.3 Å². The molecular formula is C18H16N2O4. The van der Waals surface area contributed by atoms with E-state index in [1.54, 1.807) is 43.8 Å². The maximum absolute atomic E-state index is 12.3. The number of rotatable bonds is 4. The van der Waals surface area contributed by atoms with Crippen molar-refractivity contribution in [2.75, 3.05) is 14.2 Å². The highest BCUT2D eigenvalue weighted by atomic mass is 16.5. The first-order valence-electron chi connectivity index (χ1n) is 7.25. The van der Waals surface area contributed by atoms with E-state index in [2.05, 4.69) is 4.98 Å². The van der Waals surface area contributed by atoms with Crippen LogP contribution in [-0.2, 0) is 7.05 Å². The van der Waals surface area contributed by atoms with E-state index < -0.39 is 0 Å². The zero-order valence-electron chi connectivity index (χ0n) is 13.6. The predicted octanol–water partition coefficient (Wildman–Crippen LogP) is 2.43. The van der Waals surface area contributed by atoms with E-state index in [1.165, 1.54) is 18.8 Å². The SMILES string of the molecule is COc1cc(-c2cn(C)c(=O)c3cnccc23)c(OC)cc1C=O. The molecule has 3 rings (SSSR count). The van der Waals surface area contributed by atoms with Crippen molar-refractivity contribution >= 4 is 17.1 Å². The van der Waals surface area contributed by atoms with E-state index >= 15 is 0 Å². The molecule has 2 aromatic heterocycles. The van der Waals surface area contributed by atoms with Gasteiger partial charge in [-0.3, -0.25) is 14.6 Å². The van der Waals surface area contributed by atoms with Gasteiger partial charge in [0, 0.05) is 36.8 Å². The minimum atomic E-state index is -0.128. The number of hydrogen-bond acceptors (Lipinski definition) is 5. The Morgan fingerprint density at radius 1 is 1.08 bits per heavy atom. The van der Waals surface area contributed by atoms with E-state index in [-0.39, 0.29) is 5.56 Å². The van der Waals surface area contributed by atoms with Crippen molar-refractivity contribution in [2.24, 2.45) is 7.05 Å². The van der Waals surface area contributed by atoms with Crippen molar-refractivity contribution in [2.45, 2.75) is 0 Å². The topological polar surface area (TPSA) is 70.4 Å². The Balaban J connectivity index is 2.42. The molecule has 0 atom stereocenters. The monoisotopic (exact) mass is 324 g/mol. The summed E-state index contributed by atoms with van der Waals surface area (Å²) in [5.74, 6) is 0.964. The van der Waals surface area contributed by atoms with Gasteiger partial charge < -0.3 is 14.0 Å². The molecule has 0 fully saturated rings. The summed E-state index contributed by atoms with van der Waals surface area (Å²) < 4.78 is 12.2. The fourth-order valence-electron chi connectivity index (χ4n) is 2.75. The number of methoxy groups -OCH3 is 2. The zero-order valence-corrected chi connectivity index (χ0v) is 13.6. The number of fused-ring (bicyclic) bond motifs is 1. The van der Waals surface area contributed by atoms with Gasteiger partial charge >= 0.3 is 0 Å². The Hall–Kier alpha value is -3.15. The first-order valence-corrected chi connectivity index (χ1v) is 7.25. The summed E-state index contributed by atoms with van der Waals surface area (Å²) in [5.41, 5.74) is 1.79. The molecule has 0 spiro atoms. The zero-order chi connectivity index (χ0) is 17.3. The van der Waals surface area contributed by atoms with E-state index in [0.717, 1.165) is 16.5 Å². The summed E-state index contributed by atoms with van der Waals surface area (Å²) in [6.07, 6.45) is 5.63. The lowest BCUT2D eigenvalue weighted by molar-refractivity contribution is 0.112. The van der Waals surface area contributed by atoms with Crippen LogP contribution in [0.5, 0.6) is 11.5 Å². The highest BCUT2D eigenvalue weighted by molar-refractivity contribution is 5.98. The first kappa shape index (κ1) is 15.7. The van der Waals surface area contributed by atoms with Crippen molar-refractivity contribution in [1.82, 2.24) is 9.55 Å². The Morgan fingerprint density at radius 2 is 1.83 bits per heavy atom. The number of carbonyl (C=O) groups is 1. The second kappa shape index (κ2) is 6.16. The average Bonchev–Trinajstić information content (AvgIpc) is 2.63. The van der Waals surface area contributed by atoms with Crippen molar-refractivity contribution in [1.29, 1.82) is 0 Å². The van der Waals surface area contributed by atoms with Gasteiger partial charge in [0.05, 0.1) is 25.2 Å². The average molecular weight is 324 g/mol. The molecule has 6 heteroatoms. The third-order valence-electron chi connectivity index (χ3n) is 3.95. The standard InChI is InChI=1S/C18H16N2O4/c1-20-9-15(12-4-5-19-8-14(12)18(20)22)13-7-16(23-2)11(10-21)6-17(13)24-3/h4-10H,1-3H3. The summed E-state index contributed by atoms with van der Waals surface area (Å²) in [7, 11) is 4.72. The van der Waals surface area contributed by atoms with Crippen LogP contribution in [0.1, 0.15) is 10.4 Å². The highest BCUT2D eigenvalue weighted by Gasteiger charge is 2.16. The Kier molecular flexibility index (Phi) is 4.04. The van der Waals surface area contributed by atoms with E-state index in [9.17, 15) is 9.59 Å². The molecule has 0 unspecified atom stereocenters. The van der Waals surface area contributed by atoms with E-state index in [0.29, 0.717) is 28.7 Å². The van der Waals surface area contributed by atoms with Crippen LogP contribution in [0.3, 0.4) is 0 Å². The number of ether oxygens (including phenoxy) is 2. The van der Waals surface area contributed by atoms with Gasteiger partial charge in [-0.15, -0.1) is 0 Å².